The summed E-state index contributed by atoms with van der Waals surface area (Å²) >= 11 is 0. The first kappa shape index (κ1) is 39.7. The van der Waals surface area contributed by atoms with E-state index in [9.17, 15) is 14.4 Å². The third kappa shape index (κ3) is 8.51. The summed E-state index contributed by atoms with van der Waals surface area (Å²) in [5.74, 6) is 13.4. The number of hydrogen-bond acceptors (Lipinski definition) is 6. The zero-order valence-corrected chi connectivity index (χ0v) is 33.5. The van der Waals surface area contributed by atoms with Crippen LogP contribution in [-0.2, 0) is 22.7 Å². The highest BCUT2D eigenvalue weighted by molar-refractivity contribution is 6.10. The standard InChI is InChI=1S/C50H45N7O3/c1-55-34-53-48-45(47(55)51)44(38-21-8-4-9-22-38)46(39-23-10-5-11-24-39)57(48)32-36-19-15-18-35(31-36)17-7-2-3-13-29-52-30-14-6-12-20-37-25-16-26-40-41(37)33-56(50(40)60)42-27-28-43(58)54-49(42)59/h4-5,8-11,15-16,18-19,21-26,31,34,42,51-52H,1-3,6,13-14,27-30,32-33H2/p+1. The molecule has 1 fully saturated rings. The van der Waals surface area contributed by atoms with Crippen LogP contribution in [0.4, 0.5) is 5.82 Å². The maximum atomic E-state index is 13.1. The van der Waals surface area contributed by atoms with E-state index in [4.69, 9.17) is 10.4 Å². The molecule has 8 rings (SSSR count). The molecule has 298 valence electrons. The smallest absolute Gasteiger partial charge is 0.271 e. The zero-order chi connectivity index (χ0) is 41.4. The molecule has 3 aliphatic rings. The predicted molar refractivity (Wildman–Crippen MR) is 235 cm³/mol. The van der Waals surface area contributed by atoms with Crippen LogP contribution < -0.4 is 10.6 Å². The third-order valence-corrected chi connectivity index (χ3v) is 11.1. The Morgan fingerprint density at radius 1 is 0.833 bits per heavy atom. The molecule has 3 aliphatic heterocycles. The molecule has 10 nitrogen and oxygen atoms in total. The van der Waals surface area contributed by atoms with Crippen molar-refractivity contribution in [3.05, 3.63) is 137 Å². The summed E-state index contributed by atoms with van der Waals surface area (Å²) in [7, 11) is 0. The van der Waals surface area contributed by atoms with Gasteiger partial charge in [-0.05, 0) is 85.3 Å². The topological polar surface area (TPSA) is 123 Å². The van der Waals surface area contributed by atoms with E-state index in [0.29, 0.717) is 30.9 Å². The first-order valence-corrected chi connectivity index (χ1v) is 20.5. The Morgan fingerprint density at radius 2 is 1.57 bits per heavy atom. The summed E-state index contributed by atoms with van der Waals surface area (Å²) in [6.07, 6.45) is 6.66. The van der Waals surface area contributed by atoms with Gasteiger partial charge in [0.15, 0.2) is 0 Å². The van der Waals surface area contributed by atoms with Crippen molar-refractivity contribution in [1.82, 2.24) is 20.1 Å². The van der Waals surface area contributed by atoms with Crippen LogP contribution in [0.15, 0.2) is 108 Å². The van der Waals surface area contributed by atoms with Gasteiger partial charge in [0.2, 0.25) is 24.0 Å². The Morgan fingerprint density at radius 3 is 2.37 bits per heavy atom. The van der Waals surface area contributed by atoms with Crippen molar-refractivity contribution in [2.75, 3.05) is 13.1 Å². The van der Waals surface area contributed by atoms with Crippen LogP contribution >= 0.6 is 0 Å². The van der Waals surface area contributed by atoms with Gasteiger partial charge in [0.05, 0.1) is 12.2 Å². The van der Waals surface area contributed by atoms with Gasteiger partial charge in [-0.15, -0.1) is 0 Å². The molecule has 3 amide bonds. The SMILES string of the molecule is C=[N+]1C=Nc2c(c(-c3ccccc3)c(-c3ccccc3)n2Cc2cccc(C#CCCCCNCCCC#Cc3cccc4c3CN(C3CCC(=O)NC3=O)C4=O)c2)C1=N. The van der Waals surface area contributed by atoms with Gasteiger partial charge in [-0.2, -0.15) is 5.41 Å². The minimum absolute atomic E-state index is 0.184. The number of fused-ring (bicyclic) bond motifs is 2. The Balaban J connectivity index is 0.825. The molecule has 0 spiro atoms. The Kier molecular flexibility index (Phi) is 12.0. The normalized spacial score (nSPS) is 15.5. The average Bonchev–Trinajstić information content (AvgIpc) is 3.78. The molecule has 1 atom stereocenters. The van der Waals surface area contributed by atoms with E-state index in [2.05, 4.69) is 94.1 Å². The van der Waals surface area contributed by atoms with Crippen LogP contribution in [0.1, 0.15) is 83.1 Å². The van der Waals surface area contributed by atoms with Crippen LogP contribution in [0.3, 0.4) is 0 Å². The van der Waals surface area contributed by atoms with Gasteiger partial charge in [0, 0.05) is 54.8 Å². The van der Waals surface area contributed by atoms with E-state index >= 15 is 0 Å². The Hall–Kier alpha value is -7.14. The molecule has 0 aliphatic carbocycles. The maximum Gasteiger partial charge on any atom is 0.271 e. The summed E-state index contributed by atoms with van der Waals surface area (Å²) in [6.45, 7) is 6.70. The highest BCUT2D eigenvalue weighted by atomic mass is 16.2. The van der Waals surface area contributed by atoms with Crippen molar-refractivity contribution in [2.24, 2.45) is 4.99 Å². The summed E-state index contributed by atoms with van der Waals surface area (Å²) in [5, 5.41) is 14.9. The van der Waals surface area contributed by atoms with Gasteiger partial charge in [-0.25, -0.2) is 4.58 Å². The number of rotatable bonds is 12. The monoisotopic (exact) mass is 792 g/mol. The zero-order valence-electron chi connectivity index (χ0n) is 33.5. The number of nitrogens with zero attached hydrogens (tertiary/aromatic N) is 4. The number of carbonyl (C=O) groups is 3. The molecule has 3 N–H and O–H groups in total. The molecule has 60 heavy (non-hydrogen) atoms. The van der Waals surface area contributed by atoms with E-state index in [0.717, 1.165) is 101 Å². The number of piperidine rings is 1. The lowest BCUT2D eigenvalue weighted by molar-refractivity contribution is -0.246. The van der Waals surface area contributed by atoms with Crippen LogP contribution in [-0.4, -0.2) is 69.8 Å². The number of hydrogen-bond donors (Lipinski definition) is 3. The summed E-state index contributed by atoms with van der Waals surface area (Å²) < 4.78 is 3.73. The highest BCUT2D eigenvalue weighted by Gasteiger charge is 2.40. The number of benzene rings is 4. The molecule has 1 saturated heterocycles. The quantitative estimate of drug-likeness (QED) is 0.0532. The van der Waals surface area contributed by atoms with Crippen LogP contribution in [0.2, 0.25) is 0 Å². The maximum absolute atomic E-state index is 13.1. The molecular formula is C50H46N7O3+. The van der Waals surface area contributed by atoms with E-state index in [1.807, 2.05) is 48.5 Å². The van der Waals surface area contributed by atoms with Crippen molar-refractivity contribution in [1.29, 1.82) is 5.41 Å². The molecule has 4 heterocycles. The fourth-order valence-electron chi connectivity index (χ4n) is 8.07. The summed E-state index contributed by atoms with van der Waals surface area (Å²) in [6, 6.07) is 33.8. The molecule has 1 aromatic heterocycles. The number of amides is 3. The number of aliphatic imine (C=N–C) groups is 1. The minimum Gasteiger partial charge on any atom is -0.322 e. The van der Waals surface area contributed by atoms with E-state index in [1.54, 1.807) is 17.3 Å². The molecule has 10 heteroatoms. The fraction of sp³-hybridized carbons (Fsp3) is 0.240. The van der Waals surface area contributed by atoms with E-state index in [-0.39, 0.29) is 18.2 Å². The number of aromatic nitrogens is 1. The summed E-state index contributed by atoms with van der Waals surface area (Å²) in [5.41, 5.74) is 9.14. The fourth-order valence-corrected chi connectivity index (χ4v) is 8.07. The minimum atomic E-state index is -0.633. The van der Waals surface area contributed by atoms with Crippen molar-refractivity contribution in [3.8, 4) is 46.1 Å². The molecule has 0 bridgehead atoms. The predicted octanol–water partition coefficient (Wildman–Crippen LogP) is 7.29. The largest absolute Gasteiger partial charge is 0.322 e. The second-order valence-corrected chi connectivity index (χ2v) is 15.1. The van der Waals surface area contributed by atoms with Crippen molar-refractivity contribution >= 4 is 42.4 Å². The number of imide groups is 1. The van der Waals surface area contributed by atoms with Crippen molar-refractivity contribution < 1.29 is 19.0 Å². The van der Waals surface area contributed by atoms with Gasteiger partial charge in [-0.1, -0.05) is 108 Å². The molecule has 4 aromatic carbocycles. The number of unbranched alkanes of at least 4 members (excludes halogenated alkanes) is 3. The van der Waals surface area contributed by atoms with Gasteiger partial charge in [-0.3, -0.25) is 19.7 Å². The van der Waals surface area contributed by atoms with E-state index in [1.165, 1.54) is 4.58 Å². The lowest BCUT2D eigenvalue weighted by Crippen LogP contribution is -2.52. The van der Waals surface area contributed by atoms with Crippen LogP contribution in [0, 0.1) is 29.1 Å². The molecule has 0 radical (unpaired) electrons. The highest BCUT2D eigenvalue weighted by Crippen LogP contribution is 2.44. The van der Waals surface area contributed by atoms with Gasteiger partial charge in [0.1, 0.15) is 11.6 Å². The Bertz CT molecular complexity index is 2660. The van der Waals surface area contributed by atoms with Gasteiger partial charge < -0.3 is 14.8 Å². The molecule has 1 unspecified atom stereocenters. The lowest BCUT2D eigenvalue weighted by atomic mass is 9.96. The average molecular weight is 793 g/mol. The second kappa shape index (κ2) is 18.2. The Labute approximate surface area is 350 Å². The first-order chi connectivity index (χ1) is 29.4. The van der Waals surface area contributed by atoms with Crippen LogP contribution in [0.25, 0.3) is 22.4 Å². The van der Waals surface area contributed by atoms with Crippen molar-refractivity contribution in [3.63, 3.8) is 0 Å². The van der Waals surface area contributed by atoms with Gasteiger partial charge >= 0.3 is 0 Å². The molecule has 0 saturated carbocycles. The number of nitrogens with one attached hydrogen (secondary N) is 3. The van der Waals surface area contributed by atoms with Crippen LogP contribution in [0.5, 0.6) is 0 Å². The number of carbonyl (C=O) groups excluding carboxylic acids is 3. The molecular weight excluding hydrogens is 747 g/mol. The third-order valence-electron chi connectivity index (χ3n) is 11.1. The lowest BCUT2D eigenvalue weighted by Gasteiger charge is -2.29. The van der Waals surface area contributed by atoms with Crippen molar-refractivity contribution in [2.45, 2.75) is 64.1 Å². The number of amidine groups is 1. The first-order valence-electron chi connectivity index (χ1n) is 20.5. The van der Waals surface area contributed by atoms with E-state index < -0.39 is 11.9 Å². The molecule has 5 aromatic rings. The van der Waals surface area contributed by atoms with Gasteiger partial charge in [0.25, 0.3) is 11.7 Å². The second-order valence-electron chi connectivity index (χ2n) is 15.1. The summed E-state index contributed by atoms with van der Waals surface area (Å²) in [4.78, 5) is 43.5.